The molecule has 0 unspecified atom stereocenters. The summed E-state index contributed by atoms with van der Waals surface area (Å²) in [5, 5.41) is 9.32. The quantitative estimate of drug-likeness (QED) is 0.795. The lowest BCUT2D eigenvalue weighted by Crippen LogP contribution is -2.23. The number of carbonyl (C=O) groups is 2. The fourth-order valence-electron chi connectivity index (χ4n) is 1.86. The summed E-state index contributed by atoms with van der Waals surface area (Å²) >= 11 is 0. The molecule has 0 amide bonds. The standard InChI is InChI=1S/C13H11NO5/c1-6-3-4-8-7(5-6)11(15)9(12(16)17)10(14-8)13(18)19-2/h3-5H,1-2H3,(H,14,15)(H,16,17). The van der Waals surface area contributed by atoms with Crippen LogP contribution >= 0.6 is 0 Å². The molecule has 6 heteroatoms. The summed E-state index contributed by atoms with van der Waals surface area (Å²) in [5.41, 5.74) is -0.451. The van der Waals surface area contributed by atoms with Gasteiger partial charge in [0.05, 0.1) is 7.11 Å². The number of aromatic nitrogens is 1. The SMILES string of the molecule is COC(=O)c1[nH]c2ccc(C)cc2c(=O)c1C(=O)O. The van der Waals surface area contributed by atoms with Crippen molar-refractivity contribution in [3.8, 4) is 0 Å². The first-order valence-corrected chi connectivity index (χ1v) is 5.44. The Kier molecular flexibility index (Phi) is 3.08. The first kappa shape index (κ1) is 12.8. The van der Waals surface area contributed by atoms with Crippen molar-refractivity contribution >= 4 is 22.8 Å². The van der Waals surface area contributed by atoms with Crippen molar-refractivity contribution in [3.63, 3.8) is 0 Å². The monoisotopic (exact) mass is 261 g/mol. The summed E-state index contributed by atoms with van der Waals surface area (Å²) in [4.78, 5) is 37.5. The van der Waals surface area contributed by atoms with E-state index in [4.69, 9.17) is 5.11 Å². The van der Waals surface area contributed by atoms with Crippen LogP contribution in [0.2, 0.25) is 0 Å². The number of ether oxygens (including phenoxy) is 1. The van der Waals surface area contributed by atoms with E-state index >= 15 is 0 Å². The van der Waals surface area contributed by atoms with E-state index in [0.717, 1.165) is 12.7 Å². The number of aromatic carboxylic acids is 1. The first-order valence-electron chi connectivity index (χ1n) is 5.44. The maximum atomic E-state index is 12.2. The summed E-state index contributed by atoms with van der Waals surface area (Å²) in [6.45, 7) is 1.79. The molecular weight excluding hydrogens is 250 g/mol. The Bertz CT molecular complexity index is 745. The van der Waals surface area contributed by atoms with E-state index in [2.05, 4.69) is 9.72 Å². The lowest BCUT2D eigenvalue weighted by atomic mass is 10.1. The number of hydrogen-bond donors (Lipinski definition) is 2. The molecule has 1 aromatic carbocycles. The van der Waals surface area contributed by atoms with Gasteiger partial charge in [-0.15, -0.1) is 0 Å². The molecular formula is C13H11NO5. The number of nitrogens with one attached hydrogen (secondary N) is 1. The molecule has 0 aliphatic rings. The minimum Gasteiger partial charge on any atom is -0.477 e. The van der Waals surface area contributed by atoms with E-state index in [1.807, 2.05) is 0 Å². The lowest BCUT2D eigenvalue weighted by Gasteiger charge is -2.07. The van der Waals surface area contributed by atoms with E-state index in [1.54, 1.807) is 25.1 Å². The normalized spacial score (nSPS) is 10.4. The minimum absolute atomic E-state index is 0.227. The Morgan fingerprint density at radius 1 is 1.32 bits per heavy atom. The second-order valence-electron chi connectivity index (χ2n) is 4.05. The molecule has 2 N–H and O–H groups in total. The van der Waals surface area contributed by atoms with Crippen molar-refractivity contribution < 1.29 is 19.4 Å². The average Bonchev–Trinajstić information content (AvgIpc) is 2.37. The number of H-pyrrole nitrogens is 1. The molecule has 0 aliphatic heterocycles. The van der Waals surface area contributed by atoms with Gasteiger partial charge >= 0.3 is 11.9 Å². The summed E-state index contributed by atoms with van der Waals surface area (Å²) in [5.74, 6) is -2.36. The fourth-order valence-corrected chi connectivity index (χ4v) is 1.86. The van der Waals surface area contributed by atoms with E-state index in [-0.39, 0.29) is 11.1 Å². The zero-order valence-electron chi connectivity index (χ0n) is 10.3. The molecule has 0 aliphatic carbocycles. The van der Waals surface area contributed by atoms with Gasteiger partial charge in [-0.2, -0.15) is 0 Å². The van der Waals surface area contributed by atoms with Gasteiger partial charge in [0.25, 0.3) is 0 Å². The fraction of sp³-hybridized carbons (Fsp3) is 0.154. The molecule has 0 bridgehead atoms. The number of rotatable bonds is 2. The molecule has 1 heterocycles. The summed E-state index contributed by atoms with van der Waals surface area (Å²) in [7, 11) is 1.12. The van der Waals surface area contributed by atoms with Crippen LogP contribution in [0.25, 0.3) is 10.9 Å². The molecule has 0 fully saturated rings. The van der Waals surface area contributed by atoms with E-state index in [1.165, 1.54) is 0 Å². The number of esters is 1. The number of carboxylic acid groups (broad SMARTS) is 1. The van der Waals surface area contributed by atoms with Crippen LogP contribution in [-0.4, -0.2) is 29.1 Å². The van der Waals surface area contributed by atoms with Crippen molar-refractivity contribution in [2.45, 2.75) is 6.92 Å². The summed E-state index contributed by atoms with van der Waals surface area (Å²) in [6.07, 6.45) is 0. The number of aromatic amines is 1. The molecule has 19 heavy (non-hydrogen) atoms. The number of fused-ring (bicyclic) bond motifs is 1. The maximum absolute atomic E-state index is 12.2. The van der Waals surface area contributed by atoms with Crippen LogP contribution < -0.4 is 5.43 Å². The number of carbonyl (C=O) groups excluding carboxylic acids is 1. The second kappa shape index (κ2) is 4.56. The van der Waals surface area contributed by atoms with Gasteiger partial charge in [-0.3, -0.25) is 4.79 Å². The van der Waals surface area contributed by atoms with Crippen molar-refractivity contribution in [1.29, 1.82) is 0 Å². The first-order chi connectivity index (χ1) is 8.95. The van der Waals surface area contributed by atoms with Gasteiger partial charge in [0, 0.05) is 10.9 Å². The zero-order chi connectivity index (χ0) is 14.2. The predicted octanol–water partition coefficient (Wildman–Crippen LogP) is 1.32. The topological polar surface area (TPSA) is 96.5 Å². The van der Waals surface area contributed by atoms with Gasteiger partial charge in [-0.25, -0.2) is 9.59 Å². The van der Waals surface area contributed by atoms with Crippen LogP contribution in [0.3, 0.4) is 0 Å². The summed E-state index contributed by atoms with van der Waals surface area (Å²) in [6, 6.07) is 4.94. The number of aryl methyl sites for hydroxylation is 1. The second-order valence-corrected chi connectivity index (χ2v) is 4.05. The molecule has 98 valence electrons. The third kappa shape index (κ3) is 2.08. The van der Waals surface area contributed by atoms with Crippen LogP contribution in [0.4, 0.5) is 0 Å². The highest BCUT2D eigenvalue weighted by Crippen LogP contribution is 2.14. The highest BCUT2D eigenvalue weighted by atomic mass is 16.5. The number of benzene rings is 1. The summed E-state index contributed by atoms with van der Waals surface area (Å²) < 4.78 is 4.48. The average molecular weight is 261 g/mol. The Balaban J connectivity index is 2.94. The highest BCUT2D eigenvalue weighted by molar-refractivity contribution is 6.04. The van der Waals surface area contributed by atoms with Gasteiger partial charge in [0.15, 0.2) is 0 Å². The largest absolute Gasteiger partial charge is 0.477 e. The number of methoxy groups -OCH3 is 1. The maximum Gasteiger partial charge on any atom is 0.355 e. The smallest absolute Gasteiger partial charge is 0.355 e. The number of hydrogen-bond acceptors (Lipinski definition) is 4. The molecule has 0 spiro atoms. The molecule has 2 rings (SSSR count). The van der Waals surface area contributed by atoms with Crippen LogP contribution in [-0.2, 0) is 4.74 Å². The number of carboxylic acids is 1. The zero-order valence-corrected chi connectivity index (χ0v) is 10.3. The Hall–Kier alpha value is -2.63. The van der Waals surface area contributed by atoms with Crippen LogP contribution in [0.1, 0.15) is 26.4 Å². The Morgan fingerprint density at radius 2 is 2.00 bits per heavy atom. The molecule has 2 aromatic rings. The number of pyridine rings is 1. The van der Waals surface area contributed by atoms with E-state index in [9.17, 15) is 14.4 Å². The van der Waals surface area contributed by atoms with Crippen LogP contribution in [0.5, 0.6) is 0 Å². The third-order valence-corrected chi connectivity index (χ3v) is 2.76. The third-order valence-electron chi connectivity index (χ3n) is 2.76. The van der Waals surface area contributed by atoms with Gasteiger partial charge in [0.1, 0.15) is 11.3 Å². The Labute approximate surface area is 107 Å². The van der Waals surface area contributed by atoms with Crippen molar-refractivity contribution in [2.24, 2.45) is 0 Å². The predicted molar refractivity (Wildman–Crippen MR) is 67.6 cm³/mol. The van der Waals surface area contributed by atoms with Crippen molar-refractivity contribution in [3.05, 3.63) is 45.2 Å². The van der Waals surface area contributed by atoms with Gasteiger partial charge < -0.3 is 14.8 Å². The molecule has 0 radical (unpaired) electrons. The van der Waals surface area contributed by atoms with Gasteiger partial charge in [-0.1, -0.05) is 11.6 Å². The highest BCUT2D eigenvalue weighted by Gasteiger charge is 2.23. The van der Waals surface area contributed by atoms with Crippen molar-refractivity contribution in [2.75, 3.05) is 7.11 Å². The minimum atomic E-state index is -1.47. The van der Waals surface area contributed by atoms with E-state index in [0.29, 0.717) is 5.52 Å². The lowest BCUT2D eigenvalue weighted by molar-refractivity contribution is 0.0575. The van der Waals surface area contributed by atoms with Gasteiger partial charge in [-0.05, 0) is 19.1 Å². The molecule has 0 saturated heterocycles. The van der Waals surface area contributed by atoms with Gasteiger partial charge in [0.2, 0.25) is 5.43 Å². The molecule has 6 nitrogen and oxygen atoms in total. The van der Waals surface area contributed by atoms with Crippen LogP contribution in [0.15, 0.2) is 23.0 Å². The van der Waals surface area contributed by atoms with Crippen molar-refractivity contribution in [1.82, 2.24) is 4.98 Å². The molecule has 0 saturated carbocycles. The molecule has 1 aromatic heterocycles. The van der Waals surface area contributed by atoms with E-state index < -0.39 is 22.9 Å². The molecule has 0 atom stereocenters. The van der Waals surface area contributed by atoms with Crippen LogP contribution in [0, 0.1) is 6.92 Å². The Morgan fingerprint density at radius 3 is 2.58 bits per heavy atom.